The van der Waals surface area contributed by atoms with Crippen molar-refractivity contribution < 1.29 is 13.2 Å². The quantitative estimate of drug-likeness (QED) is 0.852. The first-order valence-electron chi connectivity index (χ1n) is 5.01. The van der Waals surface area contributed by atoms with Gasteiger partial charge in [0.25, 0.3) is 0 Å². The molecule has 110 valence electrons. The van der Waals surface area contributed by atoms with Gasteiger partial charge < -0.3 is 11.1 Å². The molecule has 0 fully saturated rings. The highest BCUT2D eigenvalue weighted by molar-refractivity contribution is 7.90. The molecule has 1 unspecified atom stereocenters. The lowest BCUT2D eigenvalue weighted by molar-refractivity contribution is -0.119. The van der Waals surface area contributed by atoms with Crippen LogP contribution in [0.4, 0.5) is 5.69 Å². The van der Waals surface area contributed by atoms with Crippen molar-refractivity contribution in [3.63, 3.8) is 0 Å². The molecule has 19 heavy (non-hydrogen) atoms. The maximum absolute atomic E-state index is 11.5. The number of rotatable bonds is 4. The fourth-order valence-electron chi connectivity index (χ4n) is 1.05. The molecule has 1 atom stereocenters. The molecule has 0 radical (unpaired) electrons. The number of nitrogens with one attached hydrogen (secondary N) is 1. The maximum atomic E-state index is 11.5. The molecule has 3 N–H and O–H groups in total. The molecule has 0 aromatic carbocycles. The van der Waals surface area contributed by atoms with E-state index in [0.29, 0.717) is 5.69 Å². The number of carbonyl (C=O) groups excluding carboxylic acids is 1. The highest BCUT2D eigenvalue weighted by Crippen LogP contribution is 2.11. The van der Waals surface area contributed by atoms with Gasteiger partial charge in [-0.2, -0.15) is 0 Å². The van der Waals surface area contributed by atoms with Gasteiger partial charge in [0.15, 0.2) is 14.9 Å². The Kier molecular flexibility index (Phi) is 8.94. The molecule has 0 aliphatic rings. The van der Waals surface area contributed by atoms with Crippen molar-refractivity contribution in [2.24, 2.45) is 11.7 Å². The van der Waals surface area contributed by atoms with Crippen molar-refractivity contribution in [3.8, 4) is 0 Å². The van der Waals surface area contributed by atoms with E-state index >= 15 is 0 Å². The van der Waals surface area contributed by atoms with Crippen LogP contribution < -0.4 is 11.1 Å². The van der Waals surface area contributed by atoms with Gasteiger partial charge in [-0.1, -0.05) is 6.92 Å². The third-order valence-electron chi connectivity index (χ3n) is 2.18. The molecule has 1 aromatic heterocycles. The molecule has 9 heteroatoms. The number of nitrogens with zero attached hydrogens (tertiary/aromatic N) is 1. The highest BCUT2D eigenvalue weighted by Gasteiger charge is 2.12. The average molecular weight is 330 g/mol. The molecular formula is C10H17Cl2N3O3S. The van der Waals surface area contributed by atoms with Crippen LogP contribution in [0, 0.1) is 5.92 Å². The van der Waals surface area contributed by atoms with Crippen molar-refractivity contribution >= 4 is 46.2 Å². The van der Waals surface area contributed by atoms with E-state index in [9.17, 15) is 13.2 Å². The van der Waals surface area contributed by atoms with E-state index in [1.807, 2.05) is 0 Å². The number of amides is 1. The summed E-state index contributed by atoms with van der Waals surface area (Å²) in [5.74, 6) is -0.522. The molecule has 1 aromatic rings. The maximum Gasteiger partial charge on any atom is 0.228 e. The molecule has 0 saturated heterocycles. The molecule has 0 saturated carbocycles. The Morgan fingerprint density at radius 3 is 2.37 bits per heavy atom. The lowest BCUT2D eigenvalue weighted by Crippen LogP contribution is -2.26. The van der Waals surface area contributed by atoms with Crippen LogP contribution in [0.15, 0.2) is 23.4 Å². The van der Waals surface area contributed by atoms with Gasteiger partial charge in [-0.3, -0.25) is 4.79 Å². The van der Waals surface area contributed by atoms with Crippen LogP contribution >= 0.6 is 24.8 Å². The fourth-order valence-corrected chi connectivity index (χ4v) is 1.61. The molecule has 0 aliphatic heterocycles. The van der Waals surface area contributed by atoms with Crippen LogP contribution in [-0.4, -0.2) is 32.1 Å². The molecule has 6 nitrogen and oxygen atoms in total. The first kappa shape index (κ1) is 20.4. The van der Waals surface area contributed by atoms with Gasteiger partial charge in [-0.05, 0) is 12.1 Å². The van der Waals surface area contributed by atoms with E-state index in [0.717, 1.165) is 6.26 Å². The number of pyridine rings is 1. The van der Waals surface area contributed by atoms with Crippen LogP contribution in [0.3, 0.4) is 0 Å². The summed E-state index contributed by atoms with van der Waals surface area (Å²) in [5.41, 5.74) is 5.80. The summed E-state index contributed by atoms with van der Waals surface area (Å²) in [6.45, 7) is 1.95. The van der Waals surface area contributed by atoms with E-state index in [1.165, 1.54) is 18.3 Å². The van der Waals surface area contributed by atoms with Crippen molar-refractivity contribution in [2.45, 2.75) is 11.9 Å². The summed E-state index contributed by atoms with van der Waals surface area (Å²) in [7, 11) is -3.31. The van der Waals surface area contributed by atoms with Gasteiger partial charge >= 0.3 is 0 Å². The molecule has 0 aliphatic carbocycles. The van der Waals surface area contributed by atoms with Gasteiger partial charge in [-0.15, -0.1) is 24.8 Å². The molecular weight excluding hydrogens is 313 g/mol. The van der Waals surface area contributed by atoms with Crippen LogP contribution in [-0.2, 0) is 14.6 Å². The highest BCUT2D eigenvalue weighted by atomic mass is 35.5. The minimum absolute atomic E-state index is 0. The van der Waals surface area contributed by atoms with Crippen molar-refractivity contribution in [1.82, 2.24) is 4.98 Å². The lowest BCUT2D eigenvalue weighted by Gasteiger charge is -2.09. The smallest absolute Gasteiger partial charge is 0.228 e. The second kappa shape index (κ2) is 8.31. The van der Waals surface area contributed by atoms with Gasteiger partial charge in [0, 0.05) is 18.7 Å². The summed E-state index contributed by atoms with van der Waals surface area (Å²) in [6, 6.07) is 2.84. The van der Waals surface area contributed by atoms with E-state index < -0.39 is 9.84 Å². The summed E-state index contributed by atoms with van der Waals surface area (Å²) >= 11 is 0. The van der Waals surface area contributed by atoms with Crippen LogP contribution in [0.2, 0.25) is 0 Å². The molecule has 0 bridgehead atoms. The third kappa shape index (κ3) is 6.20. The van der Waals surface area contributed by atoms with Crippen LogP contribution in [0.1, 0.15) is 6.92 Å². The SMILES string of the molecule is CC(CN)C(=O)Nc1ccc(S(C)(=O)=O)nc1.Cl.Cl. The van der Waals surface area contributed by atoms with Crippen molar-refractivity contribution in [2.75, 3.05) is 18.1 Å². The summed E-state index contributed by atoms with van der Waals surface area (Å²) < 4.78 is 22.3. The lowest BCUT2D eigenvalue weighted by atomic mass is 10.1. The van der Waals surface area contributed by atoms with E-state index in [-0.39, 0.29) is 48.2 Å². The first-order chi connectivity index (χ1) is 7.84. The molecule has 1 heterocycles. The summed E-state index contributed by atoms with van der Waals surface area (Å²) in [4.78, 5) is 15.2. The van der Waals surface area contributed by atoms with Gasteiger partial charge in [-0.25, -0.2) is 13.4 Å². The predicted molar refractivity (Wildman–Crippen MR) is 78.7 cm³/mol. The zero-order valence-corrected chi connectivity index (χ0v) is 12.9. The Morgan fingerprint density at radius 1 is 1.42 bits per heavy atom. The standard InChI is InChI=1S/C10H15N3O3S.2ClH/c1-7(5-11)10(14)13-8-3-4-9(12-6-8)17(2,15)16;;/h3-4,6-7H,5,11H2,1-2H3,(H,13,14);2*1H. The second-order valence-electron chi connectivity index (χ2n) is 3.78. The number of hydrogen-bond donors (Lipinski definition) is 2. The second-order valence-corrected chi connectivity index (χ2v) is 5.75. The predicted octanol–water partition coefficient (Wildman–Crippen LogP) is 0.862. The Morgan fingerprint density at radius 2 is 2.00 bits per heavy atom. The number of halogens is 2. The van der Waals surface area contributed by atoms with Gasteiger partial charge in [0.1, 0.15) is 0 Å². The molecule has 0 spiro atoms. The number of anilines is 1. The van der Waals surface area contributed by atoms with Crippen LogP contribution in [0.5, 0.6) is 0 Å². The number of nitrogens with two attached hydrogens (primary N) is 1. The van der Waals surface area contributed by atoms with E-state index in [4.69, 9.17) is 5.73 Å². The third-order valence-corrected chi connectivity index (χ3v) is 3.19. The van der Waals surface area contributed by atoms with Crippen LogP contribution in [0.25, 0.3) is 0 Å². The fraction of sp³-hybridized carbons (Fsp3) is 0.400. The monoisotopic (exact) mass is 329 g/mol. The Labute approximate surface area is 124 Å². The number of aromatic nitrogens is 1. The van der Waals surface area contributed by atoms with Crippen molar-refractivity contribution in [1.29, 1.82) is 0 Å². The topological polar surface area (TPSA) is 102 Å². The Balaban J connectivity index is 0. The Bertz CT molecular complexity index is 505. The number of hydrogen-bond acceptors (Lipinski definition) is 5. The number of sulfone groups is 1. The van der Waals surface area contributed by atoms with E-state index in [2.05, 4.69) is 10.3 Å². The Hall–Kier alpha value is -0.890. The zero-order chi connectivity index (χ0) is 13.1. The van der Waals surface area contributed by atoms with Gasteiger partial charge in [0.2, 0.25) is 5.91 Å². The number of carbonyl (C=O) groups is 1. The normalized spacial score (nSPS) is 11.7. The average Bonchev–Trinajstić information content (AvgIpc) is 2.27. The first-order valence-corrected chi connectivity index (χ1v) is 6.90. The van der Waals surface area contributed by atoms with E-state index in [1.54, 1.807) is 6.92 Å². The zero-order valence-electron chi connectivity index (χ0n) is 10.5. The minimum atomic E-state index is -3.31. The minimum Gasteiger partial charge on any atom is -0.330 e. The largest absolute Gasteiger partial charge is 0.330 e. The van der Waals surface area contributed by atoms with Gasteiger partial charge in [0.05, 0.1) is 11.9 Å². The van der Waals surface area contributed by atoms with Crippen molar-refractivity contribution in [3.05, 3.63) is 18.3 Å². The summed E-state index contributed by atoms with van der Waals surface area (Å²) in [5, 5.41) is 2.57. The molecule has 1 rings (SSSR count). The molecule has 1 amide bonds. The summed E-state index contributed by atoms with van der Waals surface area (Å²) in [6.07, 6.45) is 2.38.